The van der Waals surface area contributed by atoms with Crippen molar-refractivity contribution >= 4 is 28.1 Å². The number of halogens is 2. The highest BCUT2D eigenvalue weighted by atomic mass is 19.3. The summed E-state index contributed by atoms with van der Waals surface area (Å²) in [7, 11) is 1.57. The summed E-state index contributed by atoms with van der Waals surface area (Å²) in [5, 5.41) is 4.15. The van der Waals surface area contributed by atoms with E-state index in [9.17, 15) is 8.78 Å². The van der Waals surface area contributed by atoms with Crippen molar-refractivity contribution in [1.82, 2.24) is 29.5 Å². The molecule has 0 saturated heterocycles. The fourth-order valence-electron chi connectivity index (χ4n) is 4.50. The zero-order chi connectivity index (χ0) is 22.2. The van der Waals surface area contributed by atoms with Crippen molar-refractivity contribution in [1.29, 1.82) is 0 Å². The highest BCUT2D eigenvalue weighted by molar-refractivity contribution is 5.98. The average Bonchev–Trinajstić information content (AvgIpc) is 3.34. The Morgan fingerprint density at radius 2 is 2.03 bits per heavy atom. The number of H-pyrrole nitrogens is 1. The summed E-state index contributed by atoms with van der Waals surface area (Å²) in [6.45, 7) is 1.27. The Labute approximate surface area is 183 Å². The van der Waals surface area contributed by atoms with E-state index in [2.05, 4.69) is 30.2 Å². The molecule has 0 amide bonds. The van der Waals surface area contributed by atoms with Crippen LogP contribution < -0.4 is 10.1 Å². The van der Waals surface area contributed by atoms with Gasteiger partial charge in [-0.25, -0.2) is 18.7 Å². The molecule has 4 aromatic rings. The maximum Gasteiger partial charge on any atom is 0.256 e. The predicted molar refractivity (Wildman–Crippen MR) is 118 cm³/mol. The quantitative estimate of drug-likeness (QED) is 0.451. The first kappa shape index (κ1) is 20.6. The summed E-state index contributed by atoms with van der Waals surface area (Å²) < 4.78 is 33.2. The number of aryl methyl sites for hydroxylation is 1. The van der Waals surface area contributed by atoms with Crippen LogP contribution in [0.15, 0.2) is 18.5 Å². The lowest BCUT2D eigenvalue weighted by Gasteiger charge is -2.22. The maximum absolute atomic E-state index is 13.1. The lowest BCUT2D eigenvalue weighted by molar-refractivity contribution is 0.127. The van der Waals surface area contributed by atoms with Gasteiger partial charge in [-0.05, 0) is 25.8 Å². The first-order chi connectivity index (χ1) is 15.5. The number of ether oxygens (including phenoxy) is 1. The minimum absolute atomic E-state index is 0.366. The summed E-state index contributed by atoms with van der Waals surface area (Å²) in [6.07, 6.45) is 6.92. The maximum atomic E-state index is 13.1. The number of alkyl halides is 2. The summed E-state index contributed by atoms with van der Waals surface area (Å²) in [6, 6.07) is 2.19. The van der Waals surface area contributed by atoms with Gasteiger partial charge in [0.05, 0.1) is 24.6 Å². The van der Waals surface area contributed by atoms with Gasteiger partial charge in [-0.15, -0.1) is 0 Å². The Kier molecular flexibility index (Phi) is 5.36. The molecule has 4 aromatic heterocycles. The van der Waals surface area contributed by atoms with Crippen LogP contribution in [0, 0.1) is 6.92 Å². The number of rotatable bonds is 6. The van der Waals surface area contributed by atoms with Crippen LogP contribution in [0.25, 0.3) is 33.3 Å². The van der Waals surface area contributed by atoms with Gasteiger partial charge in [0.25, 0.3) is 6.43 Å². The van der Waals surface area contributed by atoms with E-state index in [-0.39, 0.29) is 0 Å². The SMILES string of the molecule is COc1nc(NC2CCCCC2)nc2[nH]cc(-c3cnc4nc(C)n(CC(F)F)c4c3)c12. The van der Waals surface area contributed by atoms with E-state index < -0.39 is 13.0 Å². The Morgan fingerprint density at radius 1 is 1.22 bits per heavy atom. The molecule has 4 heterocycles. The van der Waals surface area contributed by atoms with Gasteiger partial charge in [-0.2, -0.15) is 9.97 Å². The van der Waals surface area contributed by atoms with Gasteiger partial charge in [0.15, 0.2) is 5.65 Å². The second-order valence-corrected chi connectivity index (χ2v) is 8.19. The molecule has 0 radical (unpaired) electrons. The molecule has 8 nitrogen and oxygen atoms in total. The van der Waals surface area contributed by atoms with Crippen molar-refractivity contribution in [3.05, 3.63) is 24.3 Å². The number of fused-ring (bicyclic) bond motifs is 2. The van der Waals surface area contributed by atoms with Crippen LogP contribution >= 0.6 is 0 Å². The standard InChI is InChI=1S/C22H25F2N7O/c1-12-27-19-16(31(12)11-17(23)24)8-13(9-25-19)15-10-26-20-18(15)21(32-2)30-22(29-20)28-14-6-4-3-5-7-14/h8-10,14,17H,3-7,11H2,1-2H3,(H2,26,28,29,30). The molecule has 2 N–H and O–H groups in total. The smallest absolute Gasteiger partial charge is 0.256 e. The van der Waals surface area contributed by atoms with Gasteiger partial charge in [0.2, 0.25) is 11.8 Å². The molecule has 0 aliphatic heterocycles. The largest absolute Gasteiger partial charge is 0.480 e. The molecule has 168 valence electrons. The molecule has 0 bridgehead atoms. The number of imidazole rings is 1. The minimum atomic E-state index is -2.48. The van der Waals surface area contributed by atoms with Crippen molar-refractivity contribution in [3.8, 4) is 17.0 Å². The lowest BCUT2D eigenvalue weighted by atomic mass is 9.96. The molecule has 0 aromatic carbocycles. The van der Waals surface area contributed by atoms with E-state index in [4.69, 9.17) is 4.74 Å². The van der Waals surface area contributed by atoms with Gasteiger partial charge < -0.3 is 19.6 Å². The zero-order valence-electron chi connectivity index (χ0n) is 18.0. The predicted octanol–water partition coefficient (Wildman–Crippen LogP) is 4.70. The fourth-order valence-corrected chi connectivity index (χ4v) is 4.50. The Balaban J connectivity index is 1.56. The Morgan fingerprint density at radius 3 is 2.78 bits per heavy atom. The molecule has 1 saturated carbocycles. The number of pyridine rings is 1. The molecular weight excluding hydrogens is 416 g/mol. The van der Waals surface area contributed by atoms with E-state index in [0.717, 1.165) is 29.4 Å². The van der Waals surface area contributed by atoms with Gasteiger partial charge >= 0.3 is 0 Å². The van der Waals surface area contributed by atoms with E-state index in [0.29, 0.717) is 40.5 Å². The van der Waals surface area contributed by atoms with Crippen molar-refractivity contribution in [2.75, 3.05) is 12.4 Å². The van der Waals surface area contributed by atoms with Crippen LogP contribution in [0.4, 0.5) is 14.7 Å². The number of anilines is 1. The van der Waals surface area contributed by atoms with Crippen LogP contribution in [0.3, 0.4) is 0 Å². The molecular formula is C22H25F2N7O. The number of aromatic amines is 1. The van der Waals surface area contributed by atoms with Crippen molar-refractivity contribution < 1.29 is 13.5 Å². The summed E-state index contributed by atoms with van der Waals surface area (Å²) >= 11 is 0. The van der Waals surface area contributed by atoms with Gasteiger partial charge in [0, 0.05) is 29.6 Å². The number of hydrogen-bond donors (Lipinski definition) is 2. The first-order valence-electron chi connectivity index (χ1n) is 10.8. The highest BCUT2D eigenvalue weighted by Crippen LogP contribution is 2.35. The third-order valence-electron chi connectivity index (χ3n) is 6.06. The number of hydrogen-bond acceptors (Lipinski definition) is 6. The van der Waals surface area contributed by atoms with Crippen molar-refractivity contribution in [2.24, 2.45) is 0 Å². The van der Waals surface area contributed by atoms with Gasteiger partial charge in [0.1, 0.15) is 11.5 Å². The zero-order valence-corrected chi connectivity index (χ0v) is 18.0. The van der Waals surface area contributed by atoms with Crippen LogP contribution in [-0.4, -0.2) is 49.1 Å². The fraction of sp³-hybridized carbons (Fsp3) is 0.455. The third-order valence-corrected chi connectivity index (χ3v) is 6.06. The normalized spacial score (nSPS) is 15.2. The summed E-state index contributed by atoms with van der Waals surface area (Å²) in [5.74, 6) is 1.49. The van der Waals surface area contributed by atoms with E-state index in [1.54, 1.807) is 20.2 Å². The number of aromatic nitrogens is 6. The molecule has 0 spiro atoms. The third kappa shape index (κ3) is 3.74. The summed E-state index contributed by atoms with van der Waals surface area (Å²) in [4.78, 5) is 21.1. The van der Waals surface area contributed by atoms with Crippen molar-refractivity contribution in [2.45, 2.75) is 58.0 Å². The van der Waals surface area contributed by atoms with E-state index in [1.165, 1.54) is 23.8 Å². The topological polar surface area (TPSA) is 93.5 Å². The van der Waals surface area contributed by atoms with Crippen LogP contribution in [-0.2, 0) is 6.54 Å². The van der Waals surface area contributed by atoms with Crippen molar-refractivity contribution in [3.63, 3.8) is 0 Å². The molecule has 1 aliphatic rings. The first-order valence-corrected chi connectivity index (χ1v) is 10.8. The monoisotopic (exact) mass is 441 g/mol. The molecule has 10 heteroatoms. The molecule has 0 atom stereocenters. The number of methoxy groups -OCH3 is 1. The van der Waals surface area contributed by atoms with Gasteiger partial charge in [-0.1, -0.05) is 19.3 Å². The molecule has 0 unspecified atom stereocenters. The second kappa shape index (κ2) is 8.33. The number of nitrogens with one attached hydrogen (secondary N) is 2. The highest BCUT2D eigenvalue weighted by Gasteiger charge is 2.20. The van der Waals surface area contributed by atoms with Crippen LogP contribution in [0.2, 0.25) is 0 Å². The second-order valence-electron chi connectivity index (χ2n) is 8.19. The van der Waals surface area contributed by atoms with Crippen LogP contribution in [0.1, 0.15) is 37.9 Å². The van der Waals surface area contributed by atoms with E-state index in [1.807, 2.05) is 12.3 Å². The van der Waals surface area contributed by atoms with Gasteiger partial charge in [-0.3, -0.25) is 0 Å². The Bertz CT molecular complexity index is 1260. The van der Waals surface area contributed by atoms with E-state index >= 15 is 0 Å². The van der Waals surface area contributed by atoms with Crippen LogP contribution in [0.5, 0.6) is 5.88 Å². The number of nitrogens with zero attached hydrogens (tertiary/aromatic N) is 5. The Hall–Kier alpha value is -3.30. The summed E-state index contributed by atoms with van der Waals surface area (Å²) in [5.41, 5.74) is 3.17. The lowest BCUT2D eigenvalue weighted by Crippen LogP contribution is -2.23. The average molecular weight is 441 g/mol. The molecule has 1 aliphatic carbocycles. The molecule has 5 rings (SSSR count). The minimum Gasteiger partial charge on any atom is -0.480 e. The molecule has 1 fully saturated rings. The molecule has 32 heavy (non-hydrogen) atoms.